The molecular weight excluding hydrogens is 404 g/mol. The van der Waals surface area contributed by atoms with Crippen LogP contribution in [0.4, 0.5) is 4.79 Å². The van der Waals surface area contributed by atoms with E-state index < -0.39 is 6.16 Å². The normalized spacial score (nSPS) is 10.5. The van der Waals surface area contributed by atoms with E-state index >= 15 is 0 Å². The summed E-state index contributed by atoms with van der Waals surface area (Å²) in [6.07, 6.45) is 1.12. The van der Waals surface area contributed by atoms with Crippen LogP contribution in [0.5, 0.6) is 17.2 Å². The van der Waals surface area contributed by atoms with E-state index in [4.69, 9.17) is 18.6 Å². The summed E-state index contributed by atoms with van der Waals surface area (Å²) in [6, 6.07) is 11.6. The molecule has 0 aliphatic heterocycles. The van der Waals surface area contributed by atoms with E-state index in [1.165, 1.54) is 24.5 Å². The Morgan fingerprint density at radius 3 is 2.73 bits per heavy atom. The van der Waals surface area contributed by atoms with Crippen molar-refractivity contribution >= 4 is 33.1 Å². The molecule has 0 spiro atoms. The van der Waals surface area contributed by atoms with Gasteiger partial charge in [0.05, 0.1) is 16.5 Å². The van der Waals surface area contributed by atoms with Gasteiger partial charge in [-0.05, 0) is 46.6 Å². The zero-order valence-corrected chi connectivity index (χ0v) is 15.4. The van der Waals surface area contributed by atoms with Gasteiger partial charge in [0.25, 0.3) is 0 Å². The van der Waals surface area contributed by atoms with Crippen LogP contribution < -0.4 is 14.9 Å². The third-order valence-electron chi connectivity index (χ3n) is 3.40. The molecule has 0 saturated carbocycles. The number of fused-ring (bicyclic) bond motifs is 1. The lowest BCUT2D eigenvalue weighted by Crippen LogP contribution is -2.11. The summed E-state index contributed by atoms with van der Waals surface area (Å²) in [4.78, 5) is 24.1. The predicted octanol–water partition coefficient (Wildman–Crippen LogP) is 5.27. The molecular formula is C19H15BrO6. The van der Waals surface area contributed by atoms with E-state index in [9.17, 15) is 9.59 Å². The van der Waals surface area contributed by atoms with Crippen LogP contribution in [-0.2, 0) is 4.74 Å². The highest BCUT2D eigenvalue weighted by atomic mass is 79.9. The number of para-hydroxylation sites is 1. The number of hydrogen-bond acceptors (Lipinski definition) is 6. The van der Waals surface area contributed by atoms with Crippen LogP contribution in [0.25, 0.3) is 11.0 Å². The third kappa shape index (κ3) is 4.05. The summed E-state index contributed by atoms with van der Waals surface area (Å²) in [5.41, 5.74) is -0.0580. The number of benzene rings is 2. The van der Waals surface area contributed by atoms with Gasteiger partial charge in [0.15, 0.2) is 0 Å². The fourth-order valence-electron chi connectivity index (χ4n) is 2.18. The van der Waals surface area contributed by atoms with Gasteiger partial charge >= 0.3 is 6.16 Å². The Hall–Kier alpha value is -2.80. The zero-order valence-electron chi connectivity index (χ0n) is 13.9. The summed E-state index contributed by atoms with van der Waals surface area (Å²) in [6.45, 7) is 2.16. The first-order valence-electron chi connectivity index (χ1n) is 7.91. The van der Waals surface area contributed by atoms with Crippen LogP contribution in [-0.4, -0.2) is 12.8 Å². The number of ether oxygens (including phenoxy) is 3. The quantitative estimate of drug-likeness (QED) is 0.414. The minimum atomic E-state index is -0.803. The first-order valence-corrected chi connectivity index (χ1v) is 8.70. The second-order valence-corrected chi connectivity index (χ2v) is 6.17. The minimum Gasteiger partial charge on any atom is -0.460 e. The fraction of sp³-hybridized carbons (Fsp3) is 0.158. The molecule has 0 radical (unpaired) electrons. The second kappa shape index (κ2) is 8.05. The molecule has 1 heterocycles. The Morgan fingerprint density at radius 1 is 1.15 bits per heavy atom. The monoisotopic (exact) mass is 418 g/mol. The highest BCUT2D eigenvalue weighted by Crippen LogP contribution is 2.29. The summed E-state index contributed by atoms with van der Waals surface area (Å²) in [5.74, 6) is 0.777. The number of carbonyl (C=O) groups is 1. The van der Waals surface area contributed by atoms with Crippen molar-refractivity contribution in [1.29, 1.82) is 0 Å². The average molecular weight is 419 g/mol. The molecule has 0 saturated heterocycles. The molecule has 0 N–H and O–H groups in total. The maximum Gasteiger partial charge on any atom is 0.513 e. The molecule has 0 fully saturated rings. The number of carbonyl (C=O) groups excluding carboxylic acids is 1. The van der Waals surface area contributed by atoms with E-state index in [-0.39, 0.29) is 29.1 Å². The molecule has 6 nitrogen and oxygen atoms in total. The number of hydrogen-bond donors (Lipinski definition) is 0. The van der Waals surface area contributed by atoms with Crippen molar-refractivity contribution < 1.29 is 23.4 Å². The van der Waals surface area contributed by atoms with Crippen LogP contribution in [0.15, 0.2) is 62.4 Å². The van der Waals surface area contributed by atoms with Gasteiger partial charge in [0.2, 0.25) is 11.2 Å². The average Bonchev–Trinajstić information content (AvgIpc) is 2.64. The van der Waals surface area contributed by atoms with Gasteiger partial charge in [-0.1, -0.05) is 19.1 Å². The SMILES string of the molecule is CCCOC(=O)Oc1ccc2c(=O)c(Oc3ccccc3Br)coc2c1. The van der Waals surface area contributed by atoms with Gasteiger partial charge in [0, 0.05) is 6.07 Å². The van der Waals surface area contributed by atoms with Gasteiger partial charge in [-0.25, -0.2) is 4.79 Å². The molecule has 0 unspecified atom stereocenters. The van der Waals surface area contributed by atoms with E-state index in [0.29, 0.717) is 22.0 Å². The van der Waals surface area contributed by atoms with Gasteiger partial charge < -0.3 is 18.6 Å². The van der Waals surface area contributed by atoms with Crippen LogP contribution in [0, 0.1) is 0 Å². The first kappa shape index (κ1) is 18.0. The van der Waals surface area contributed by atoms with Gasteiger partial charge in [0.1, 0.15) is 23.3 Å². The Morgan fingerprint density at radius 2 is 1.96 bits per heavy atom. The molecule has 7 heteroatoms. The molecule has 0 amide bonds. The Labute approximate surface area is 157 Å². The van der Waals surface area contributed by atoms with Crippen molar-refractivity contribution in [2.75, 3.05) is 6.61 Å². The predicted molar refractivity (Wildman–Crippen MR) is 99.0 cm³/mol. The van der Waals surface area contributed by atoms with Crippen LogP contribution >= 0.6 is 15.9 Å². The van der Waals surface area contributed by atoms with Gasteiger partial charge in [-0.3, -0.25) is 4.79 Å². The summed E-state index contributed by atoms with van der Waals surface area (Å²) in [7, 11) is 0. The van der Waals surface area contributed by atoms with E-state index in [0.717, 1.165) is 0 Å². The molecule has 0 atom stereocenters. The van der Waals surface area contributed by atoms with E-state index in [1.54, 1.807) is 18.2 Å². The summed E-state index contributed by atoms with van der Waals surface area (Å²) in [5, 5.41) is 0.309. The van der Waals surface area contributed by atoms with Crippen LogP contribution in [0.1, 0.15) is 13.3 Å². The highest BCUT2D eigenvalue weighted by molar-refractivity contribution is 9.10. The maximum atomic E-state index is 12.6. The van der Waals surface area contributed by atoms with Crippen molar-refractivity contribution in [3.8, 4) is 17.2 Å². The molecule has 2 aromatic carbocycles. The van der Waals surface area contributed by atoms with Crippen LogP contribution in [0.3, 0.4) is 0 Å². The number of rotatable bonds is 5. The molecule has 0 aliphatic rings. The number of halogens is 1. The highest BCUT2D eigenvalue weighted by Gasteiger charge is 2.13. The smallest absolute Gasteiger partial charge is 0.460 e. The van der Waals surface area contributed by atoms with Crippen molar-refractivity contribution in [2.24, 2.45) is 0 Å². The largest absolute Gasteiger partial charge is 0.513 e. The Bertz CT molecular complexity index is 995. The molecule has 1 aromatic heterocycles. The zero-order chi connectivity index (χ0) is 18.5. The Balaban J connectivity index is 1.86. The van der Waals surface area contributed by atoms with Crippen molar-refractivity contribution in [2.45, 2.75) is 13.3 Å². The minimum absolute atomic E-state index is 0.0559. The molecule has 0 bridgehead atoms. The van der Waals surface area contributed by atoms with Crippen molar-refractivity contribution in [3.05, 3.63) is 63.4 Å². The Kier molecular flexibility index (Phi) is 5.58. The van der Waals surface area contributed by atoms with E-state index in [2.05, 4.69) is 15.9 Å². The standard InChI is InChI=1S/C19H15BrO6/c1-2-9-23-19(22)25-12-7-8-13-16(10-12)24-11-17(18(13)21)26-15-6-4-3-5-14(15)20/h3-8,10-11H,2,9H2,1H3. The molecule has 3 aromatic rings. The summed E-state index contributed by atoms with van der Waals surface area (Å²) < 4.78 is 21.7. The first-order chi connectivity index (χ1) is 12.6. The van der Waals surface area contributed by atoms with Crippen molar-refractivity contribution in [1.82, 2.24) is 0 Å². The molecule has 26 heavy (non-hydrogen) atoms. The third-order valence-corrected chi connectivity index (χ3v) is 4.05. The lowest BCUT2D eigenvalue weighted by Gasteiger charge is -2.08. The van der Waals surface area contributed by atoms with Crippen LogP contribution in [0.2, 0.25) is 0 Å². The maximum absolute atomic E-state index is 12.6. The lowest BCUT2D eigenvalue weighted by atomic mass is 10.2. The lowest BCUT2D eigenvalue weighted by molar-refractivity contribution is 0.0992. The molecule has 134 valence electrons. The fourth-order valence-corrected chi connectivity index (χ4v) is 2.55. The van der Waals surface area contributed by atoms with E-state index in [1.807, 2.05) is 13.0 Å². The van der Waals surface area contributed by atoms with Gasteiger partial charge in [-0.2, -0.15) is 0 Å². The topological polar surface area (TPSA) is 75.0 Å². The molecule has 0 aliphatic carbocycles. The summed E-state index contributed by atoms with van der Waals surface area (Å²) >= 11 is 3.36. The molecule has 3 rings (SSSR count). The van der Waals surface area contributed by atoms with Gasteiger partial charge in [-0.15, -0.1) is 0 Å². The van der Waals surface area contributed by atoms with Crippen molar-refractivity contribution in [3.63, 3.8) is 0 Å². The second-order valence-electron chi connectivity index (χ2n) is 5.32.